The van der Waals surface area contributed by atoms with Crippen LogP contribution in [0.1, 0.15) is 37.9 Å². The lowest BCUT2D eigenvalue weighted by molar-refractivity contribution is -0.125. The molecule has 2 heterocycles. The summed E-state index contributed by atoms with van der Waals surface area (Å²) in [4.78, 5) is 43.6. The van der Waals surface area contributed by atoms with Gasteiger partial charge in [-0.1, -0.05) is 72.8 Å². The molecule has 0 spiro atoms. The van der Waals surface area contributed by atoms with Gasteiger partial charge in [-0.3, -0.25) is 24.2 Å². The van der Waals surface area contributed by atoms with Gasteiger partial charge in [0.05, 0.1) is 30.4 Å². The molecule has 1 saturated heterocycles. The molecule has 0 aliphatic carbocycles. The van der Waals surface area contributed by atoms with Crippen LogP contribution in [0.15, 0.2) is 84.9 Å². The van der Waals surface area contributed by atoms with Crippen LogP contribution in [0.2, 0.25) is 0 Å². The van der Waals surface area contributed by atoms with E-state index in [1.807, 2.05) is 48.5 Å². The maximum atomic E-state index is 13.7. The van der Waals surface area contributed by atoms with Crippen LogP contribution in [0.3, 0.4) is 0 Å². The van der Waals surface area contributed by atoms with E-state index in [9.17, 15) is 14.4 Å². The molecule has 0 bridgehead atoms. The number of carbonyl (C=O) groups is 3. The van der Waals surface area contributed by atoms with E-state index < -0.39 is 17.9 Å². The molecule has 36 heavy (non-hydrogen) atoms. The Morgan fingerprint density at radius 2 is 1.36 bits per heavy atom. The second kappa shape index (κ2) is 10.8. The van der Waals surface area contributed by atoms with Crippen molar-refractivity contribution < 1.29 is 19.1 Å². The van der Waals surface area contributed by atoms with Gasteiger partial charge in [0.15, 0.2) is 0 Å². The standard InChI is InChI=1S/C29H29N3O4/c33-27(30-20-26(22-11-5-2-6-12-22)31-15-17-36-18-16-31)25(19-21-9-3-1-4-10-21)32-28(34)23-13-7-8-14-24(23)29(32)35/h1-14,25-26H,15-20H2,(H,30,33). The fourth-order valence-electron chi connectivity index (χ4n) is 4.97. The molecule has 2 atom stereocenters. The fraction of sp³-hybridized carbons (Fsp3) is 0.276. The maximum Gasteiger partial charge on any atom is 0.262 e. The molecule has 1 fully saturated rings. The Bertz CT molecular complexity index is 1190. The topological polar surface area (TPSA) is 79.0 Å². The summed E-state index contributed by atoms with van der Waals surface area (Å²) < 4.78 is 5.53. The number of rotatable bonds is 8. The van der Waals surface area contributed by atoms with Crippen LogP contribution in [0.4, 0.5) is 0 Å². The van der Waals surface area contributed by atoms with Crippen molar-refractivity contribution in [3.8, 4) is 0 Å². The molecule has 7 heteroatoms. The zero-order chi connectivity index (χ0) is 24.9. The molecular formula is C29H29N3O4. The summed E-state index contributed by atoms with van der Waals surface area (Å²) in [5, 5.41) is 3.08. The SMILES string of the molecule is O=C(NCC(c1ccccc1)N1CCOCC1)C(Cc1ccccc1)N1C(=O)c2ccccc2C1=O. The van der Waals surface area contributed by atoms with Gasteiger partial charge in [0.25, 0.3) is 11.8 Å². The van der Waals surface area contributed by atoms with Gasteiger partial charge in [0.1, 0.15) is 6.04 Å². The third kappa shape index (κ3) is 4.94. The third-order valence-corrected chi connectivity index (χ3v) is 6.85. The summed E-state index contributed by atoms with van der Waals surface area (Å²) in [5.74, 6) is -1.21. The molecule has 0 saturated carbocycles. The number of hydrogen-bond acceptors (Lipinski definition) is 5. The van der Waals surface area contributed by atoms with Gasteiger partial charge in [-0.15, -0.1) is 0 Å². The first kappa shape index (κ1) is 23.9. The number of imide groups is 1. The monoisotopic (exact) mass is 483 g/mol. The van der Waals surface area contributed by atoms with Crippen molar-refractivity contribution in [2.24, 2.45) is 0 Å². The number of amides is 3. The van der Waals surface area contributed by atoms with E-state index in [2.05, 4.69) is 22.3 Å². The highest BCUT2D eigenvalue weighted by molar-refractivity contribution is 6.22. The van der Waals surface area contributed by atoms with Crippen molar-refractivity contribution in [2.75, 3.05) is 32.8 Å². The molecule has 7 nitrogen and oxygen atoms in total. The largest absolute Gasteiger partial charge is 0.379 e. The van der Waals surface area contributed by atoms with E-state index >= 15 is 0 Å². The molecule has 3 aromatic carbocycles. The van der Waals surface area contributed by atoms with E-state index in [4.69, 9.17) is 4.74 Å². The molecule has 0 radical (unpaired) electrons. The smallest absolute Gasteiger partial charge is 0.262 e. The molecular weight excluding hydrogens is 454 g/mol. The van der Waals surface area contributed by atoms with Gasteiger partial charge in [0.2, 0.25) is 5.91 Å². The summed E-state index contributed by atoms with van der Waals surface area (Å²) in [6.45, 7) is 3.17. The molecule has 2 aliphatic rings. The number of hydrogen-bond donors (Lipinski definition) is 1. The highest BCUT2D eigenvalue weighted by atomic mass is 16.5. The summed E-state index contributed by atoms with van der Waals surface area (Å²) in [5.41, 5.74) is 2.65. The van der Waals surface area contributed by atoms with Crippen LogP contribution in [0, 0.1) is 0 Å². The van der Waals surface area contributed by atoms with Gasteiger partial charge < -0.3 is 10.1 Å². The molecule has 2 aliphatic heterocycles. The zero-order valence-corrected chi connectivity index (χ0v) is 20.0. The first-order chi connectivity index (χ1) is 17.6. The van der Waals surface area contributed by atoms with E-state index in [0.29, 0.717) is 30.9 Å². The van der Waals surface area contributed by atoms with Crippen molar-refractivity contribution in [3.63, 3.8) is 0 Å². The van der Waals surface area contributed by atoms with E-state index in [-0.39, 0.29) is 18.4 Å². The lowest BCUT2D eigenvalue weighted by Gasteiger charge is -2.35. The van der Waals surface area contributed by atoms with Gasteiger partial charge in [0, 0.05) is 26.1 Å². The fourth-order valence-corrected chi connectivity index (χ4v) is 4.97. The van der Waals surface area contributed by atoms with E-state index in [1.165, 1.54) is 0 Å². The summed E-state index contributed by atoms with van der Waals surface area (Å²) >= 11 is 0. The molecule has 2 unspecified atom stereocenters. The Morgan fingerprint density at radius 3 is 1.97 bits per heavy atom. The average molecular weight is 484 g/mol. The Balaban J connectivity index is 1.40. The minimum absolute atomic E-state index is 0.0430. The quantitative estimate of drug-likeness (QED) is 0.498. The molecule has 3 amide bonds. The van der Waals surface area contributed by atoms with Crippen molar-refractivity contribution in [3.05, 3.63) is 107 Å². The Labute approximate surface area is 210 Å². The van der Waals surface area contributed by atoms with Crippen molar-refractivity contribution >= 4 is 17.7 Å². The number of ether oxygens (including phenoxy) is 1. The summed E-state index contributed by atoms with van der Waals surface area (Å²) in [6.07, 6.45) is 0.242. The van der Waals surface area contributed by atoms with Crippen LogP contribution >= 0.6 is 0 Å². The second-order valence-corrected chi connectivity index (χ2v) is 9.05. The lowest BCUT2D eigenvalue weighted by atomic mass is 10.0. The minimum Gasteiger partial charge on any atom is -0.379 e. The normalized spacial score (nSPS) is 17.5. The van der Waals surface area contributed by atoms with Crippen molar-refractivity contribution in [1.82, 2.24) is 15.1 Å². The molecule has 3 aromatic rings. The predicted octanol–water partition coefficient (Wildman–Crippen LogP) is 3.08. The summed E-state index contributed by atoms with van der Waals surface area (Å²) in [6, 6.07) is 25.3. The van der Waals surface area contributed by atoms with Crippen molar-refractivity contribution in [1.29, 1.82) is 0 Å². The number of morpholine rings is 1. The number of nitrogens with one attached hydrogen (secondary N) is 1. The van der Waals surface area contributed by atoms with Crippen LogP contribution in [-0.2, 0) is 16.0 Å². The average Bonchev–Trinajstić information content (AvgIpc) is 3.18. The number of fused-ring (bicyclic) bond motifs is 1. The first-order valence-electron chi connectivity index (χ1n) is 12.3. The lowest BCUT2D eigenvalue weighted by Crippen LogP contribution is -2.52. The van der Waals surface area contributed by atoms with Crippen LogP contribution < -0.4 is 5.32 Å². The van der Waals surface area contributed by atoms with Crippen LogP contribution in [0.5, 0.6) is 0 Å². The highest BCUT2D eigenvalue weighted by Crippen LogP contribution is 2.27. The zero-order valence-electron chi connectivity index (χ0n) is 20.0. The number of benzene rings is 3. The maximum absolute atomic E-state index is 13.7. The third-order valence-electron chi connectivity index (χ3n) is 6.85. The Kier molecular flexibility index (Phi) is 7.21. The van der Waals surface area contributed by atoms with Gasteiger partial charge in [-0.25, -0.2) is 0 Å². The molecule has 5 rings (SSSR count). The van der Waals surface area contributed by atoms with Gasteiger partial charge in [-0.05, 0) is 23.3 Å². The van der Waals surface area contributed by atoms with E-state index in [0.717, 1.165) is 29.1 Å². The van der Waals surface area contributed by atoms with Gasteiger partial charge in [-0.2, -0.15) is 0 Å². The molecule has 184 valence electrons. The van der Waals surface area contributed by atoms with Crippen LogP contribution in [0.25, 0.3) is 0 Å². The minimum atomic E-state index is -0.957. The first-order valence-corrected chi connectivity index (χ1v) is 12.3. The highest BCUT2D eigenvalue weighted by Gasteiger charge is 2.42. The number of carbonyl (C=O) groups excluding carboxylic acids is 3. The Hall–Kier alpha value is -3.81. The molecule has 1 N–H and O–H groups in total. The molecule has 0 aromatic heterocycles. The second-order valence-electron chi connectivity index (χ2n) is 9.05. The van der Waals surface area contributed by atoms with Gasteiger partial charge >= 0.3 is 0 Å². The number of nitrogens with zero attached hydrogens (tertiary/aromatic N) is 2. The predicted molar refractivity (Wildman–Crippen MR) is 135 cm³/mol. The Morgan fingerprint density at radius 1 is 0.806 bits per heavy atom. The van der Waals surface area contributed by atoms with Crippen LogP contribution in [-0.4, -0.2) is 66.4 Å². The van der Waals surface area contributed by atoms with E-state index in [1.54, 1.807) is 24.3 Å². The van der Waals surface area contributed by atoms with Crippen molar-refractivity contribution in [2.45, 2.75) is 18.5 Å². The summed E-state index contributed by atoms with van der Waals surface area (Å²) in [7, 11) is 0.